The molecule has 0 unspecified atom stereocenters. The first-order valence-corrected chi connectivity index (χ1v) is 9.04. The lowest BCUT2D eigenvalue weighted by atomic mass is 10.00. The van der Waals surface area contributed by atoms with Crippen LogP contribution >= 0.6 is 23.7 Å². The number of carboxylic acids is 1. The molecule has 3 aromatic rings. The first-order valence-electron chi connectivity index (χ1n) is 8.22. The Morgan fingerprint density at radius 3 is 2.65 bits per heavy atom. The Balaban J connectivity index is 0.00000196. The van der Waals surface area contributed by atoms with Crippen molar-refractivity contribution in [2.45, 2.75) is 32.2 Å². The number of aryl methyl sites for hydroxylation is 1. The SMILES string of the molecule is Cc1c(-c2ccc(CN)s2)ccn2c(=O)c(C(=O)O)cc(C3CC3)c12.Cl. The van der Waals surface area contributed by atoms with Crippen LogP contribution in [0.5, 0.6) is 0 Å². The molecule has 0 aliphatic heterocycles. The van der Waals surface area contributed by atoms with E-state index in [0.29, 0.717) is 12.5 Å². The molecule has 1 aliphatic carbocycles. The smallest absolute Gasteiger partial charge is 0.341 e. The van der Waals surface area contributed by atoms with Gasteiger partial charge in [0.2, 0.25) is 0 Å². The standard InChI is InChI=1S/C19H18N2O3S.ClH/c1-10-13(16-5-4-12(9-20)25-16)6-7-21-17(10)14(11-2-3-11)8-15(18(21)22)19(23)24;/h4-8,11H,2-3,9,20H2,1H3,(H,23,24);1H. The maximum absolute atomic E-state index is 12.6. The number of hydrogen-bond acceptors (Lipinski definition) is 4. The Hall–Kier alpha value is -2.15. The van der Waals surface area contributed by atoms with Gasteiger partial charge in [0.05, 0.1) is 5.52 Å². The molecule has 1 aliphatic rings. The maximum atomic E-state index is 12.6. The van der Waals surface area contributed by atoms with E-state index in [0.717, 1.165) is 44.8 Å². The van der Waals surface area contributed by atoms with E-state index in [9.17, 15) is 14.7 Å². The minimum atomic E-state index is -1.17. The van der Waals surface area contributed by atoms with Crippen molar-refractivity contribution in [3.63, 3.8) is 0 Å². The molecule has 1 saturated carbocycles. The quantitative estimate of drug-likeness (QED) is 0.709. The van der Waals surface area contributed by atoms with Crippen molar-refractivity contribution in [1.82, 2.24) is 4.40 Å². The van der Waals surface area contributed by atoms with Gasteiger partial charge in [-0.25, -0.2) is 4.79 Å². The van der Waals surface area contributed by atoms with Crippen LogP contribution < -0.4 is 11.3 Å². The average molecular weight is 391 g/mol. The third-order valence-electron chi connectivity index (χ3n) is 4.79. The number of carbonyl (C=O) groups is 1. The second kappa shape index (κ2) is 6.87. The fraction of sp³-hybridized carbons (Fsp3) is 0.263. The number of pyridine rings is 2. The summed E-state index contributed by atoms with van der Waals surface area (Å²) in [6.07, 6.45) is 3.76. The Labute approximate surface area is 160 Å². The minimum absolute atomic E-state index is 0. The number of rotatable bonds is 4. The lowest BCUT2D eigenvalue weighted by Gasteiger charge is -2.14. The molecule has 1 fully saturated rings. The summed E-state index contributed by atoms with van der Waals surface area (Å²) in [7, 11) is 0. The summed E-state index contributed by atoms with van der Waals surface area (Å²) in [6.45, 7) is 2.50. The summed E-state index contributed by atoms with van der Waals surface area (Å²) >= 11 is 1.64. The zero-order chi connectivity index (χ0) is 17.7. The largest absolute Gasteiger partial charge is 0.477 e. The van der Waals surface area contributed by atoms with Crippen LogP contribution in [0.15, 0.2) is 35.3 Å². The van der Waals surface area contributed by atoms with Gasteiger partial charge in [-0.3, -0.25) is 9.20 Å². The van der Waals surface area contributed by atoms with Crippen molar-refractivity contribution < 1.29 is 9.90 Å². The van der Waals surface area contributed by atoms with Crippen molar-refractivity contribution in [3.8, 4) is 10.4 Å². The first-order chi connectivity index (χ1) is 12.0. The number of aromatic carboxylic acids is 1. The van der Waals surface area contributed by atoms with Crippen molar-refractivity contribution in [2.75, 3.05) is 0 Å². The number of thiophene rings is 1. The maximum Gasteiger partial charge on any atom is 0.341 e. The Bertz CT molecular complexity index is 1070. The predicted molar refractivity (Wildman–Crippen MR) is 106 cm³/mol. The number of hydrogen-bond donors (Lipinski definition) is 2. The zero-order valence-electron chi connectivity index (χ0n) is 14.2. The number of aromatic nitrogens is 1. The number of nitrogens with zero attached hydrogens (tertiary/aromatic N) is 1. The molecule has 3 heterocycles. The lowest BCUT2D eigenvalue weighted by Crippen LogP contribution is -2.23. The highest BCUT2D eigenvalue weighted by atomic mass is 35.5. The van der Waals surface area contributed by atoms with Crippen LogP contribution in [0.25, 0.3) is 16.0 Å². The molecular weight excluding hydrogens is 372 g/mol. The van der Waals surface area contributed by atoms with Gasteiger partial charge in [-0.2, -0.15) is 0 Å². The Morgan fingerprint density at radius 1 is 1.35 bits per heavy atom. The van der Waals surface area contributed by atoms with Crippen LogP contribution in [0.2, 0.25) is 0 Å². The van der Waals surface area contributed by atoms with E-state index in [-0.39, 0.29) is 18.0 Å². The molecule has 0 atom stereocenters. The Morgan fingerprint density at radius 2 is 2.08 bits per heavy atom. The zero-order valence-corrected chi connectivity index (χ0v) is 15.8. The van der Waals surface area contributed by atoms with Gasteiger partial charge in [0, 0.05) is 22.5 Å². The first kappa shape index (κ1) is 18.6. The van der Waals surface area contributed by atoms with Crippen LogP contribution in [0.4, 0.5) is 0 Å². The molecule has 26 heavy (non-hydrogen) atoms. The average Bonchev–Trinajstić information content (AvgIpc) is 3.32. The lowest BCUT2D eigenvalue weighted by molar-refractivity contribution is 0.0694. The van der Waals surface area contributed by atoms with Crippen LogP contribution in [-0.2, 0) is 6.54 Å². The van der Waals surface area contributed by atoms with Gasteiger partial charge in [0.25, 0.3) is 5.56 Å². The summed E-state index contributed by atoms with van der Waals surface area (Å²) in [5.74, 6) is -0.834. The van der Waals surface area contributed by atoms with Gasteiger partial charge in [-0.1, -0.05) is 0 Å². The number of halogens is 1. The molecule has 0 bridgehead atoms. The summed E-state index contributed by atoms with van der Waals surface area (Å²) < 4.78 is 1.49. The van der Waals surface area contributed by atoms with E-state index in [1.54, 1.807) is 23.6 Å². The van der Waals surface area contributed by atoms with E-state index >= 15 is 0 Å². The van der Waals surface area contributed by atoms with Gasteiger partial charge in [0.15, 0.2) is 0 Å². The topological polar surface area (TPSA) is 84.8 Å². The van der Waals surface area contributed by atoms with Gasteiger partial charge in [0.1, 0.15) is 5.56 Å². The summed E-state index contributed by atoms with van der Waals surface area (Å²) in [5, 5.41) is 9.36. The van der Waals surface area contributed by atoms with E-state index in [1.807, 2.05) is 25.1 Å². The molecule has 0 aromatic carbocycles. The molecule has 3 aromatic heterocycles. The van der Waals surface area contributed by atoms with Gasteiger partial charge >= 0.3 is 5.97 Å². The molecule has 0 saturated heterocycles. The molecule has 0 amide bonds. The van der Waals surface area contributed by atoms with Crippen LogP contribution in [0.3, 0.4) is 0 Å². The predicted octanol–water partition coefficient (Wildman–Crippen LogP) is 3.79. The molecule has 3 N–H and O–H groups in total. The van der Waals surface area contributed by atoms with E-state index in [2.05, 4.69) is 0 Å². The van der Waals surface area contributed by atoms with E-state index < -0.39 is 11.5 Å². The highest BCUT2D eigenvalue weighted by Gasteiger charge is 2.29. The molecule has 0 spiro atoms. The third kappa shape index (κ3) is 2.94. The van der Waals surface area contributed by atoms with Crippen molar-refractivity contribution in [1.29, 1.82) is 0 Å². The summed E-state index contributed by atoms with van der Waals surface area (Å²) in [6, 6.07) is 7.53. The summed E-state index contributed by atoms with van der Waals surface area (Å²) in [5.41, 5.74) is 8.96. The number of nitrogens with two attached hydrogens (primary N) is 1. The summed E-state index contributed by atoms with van der Waals surface area (Å²) in [4.78, 5) is 26.2. The monoisotopic (exact) mass is 390 g/mol. The highest BCUT2D eigenvalue weighted by molar-refractivity contribution is 7.15. The third-order valence-corrected chi connectivity index (χ3v) is 5.93. The van der Waals surface area contributed by atoms with Crippen molar-refractivity contribution in [3.05, 3.63) is 62.4 Å². The molecule has 4 rings (SSSR count). The molecule has 136 valence electrons. The van der Waals surface area contributed by atoms with E-state index in [4.69, 9.17) is 5.73 Å². The van der Waals surface area contributed by atoms with Crippen LogP contribution in [0.1, 0.15) is 45.1 Å². The highest BCUT2D eigenvalue weighted by Crippen LogP contribution is 2.43. The van der Waals surface area contributed by atoms with E-state index in [1.165, 1.54) is 4.40 Å². The molecule has 0 radical (unpaired) electrons. The second-order valence-electron chi connectivity index (χ2n) is 6.44. The normalized spacial score (nSPS) is 13.6. The number of fused-ring (bicyclic) bond motifs is 1. The minimum Gasteiger partial charge on any atom is -0.477 e. The van der Waals surface area contributed by atoms with Gasteiger partial charge in [-0.15, -0.1) is 23.7 Å². The van der Waals surface area contributed by atoms with Crippen LogP contribution in [-0.4, -0.2) is 15.5 Å². The fourth-order valence-electron chi connectivity index (χ4n) is 3.36. The Kier molecular flexibility index (Phi) is 4.92. The molecular formula is C19H19ClN2O3S. The van der Waals surface area contributed by atoms with Gasteiger partial charge in [-0.05, 0) is 66.6 Å². The number of carboxylic acid groups (broad SMARTS) is 1. The molecule has 7 heteroatoms. The van der Waals surface area contributed by atoms with Crippen molar-refractivity contribution in [2.24, 2.45) is 5.73 Å². The van der Waals surface area contributed by atoms with Gasteiger partial charge < -0.3 is 10.8 Å². The van der Waals surface area contributed by atoms with Crippen molar-refractivity contribution >= 4 is 35.2 Å². The molecule has 5 nitrogen and oxygen atoms in total. The second-order valence-corrected chi connectivity index (χ2v) is 7.61. The fourth-order valence-corrected chi connectivity index (χ4v) is 4.32. The van der Waals surface area contributed by atoms with Crippen LogP contribution in [0, 0.1) is 6.92 Å².